The lowest BCUT2D eigenvalue weighted by atomic mass is 10.2. The van der Waals surface area contributed by atoms with Crippen molar-refractivity contribution in [2.75, 3.05) is 6.54 Å². The van der Waals surface area contributed by atoms with Crippen molar-refractivity contribution in [2.45, 2.75) is 27.2 Å². The third kappa shape index (κ3) is 2.17. The van der Waals surface area contributed by atoms with Gasteiger partial charge < -0.3 is 4.90 Å². The lowest BCUT2D eigenvalue weighted by Gasteiger charge is -2.20. The van der Waals surface area contributed by atoms with Crippen LogP contribution in [0.1, 0.15) is 27.2 Å². The fraction of sp³-hybridized carbons (Fsp3) is 0.600. The van der Waals surface area contributed by atoms with E-state index >= 15 is 0 Å². The highest BCUT2D eigenvalue weighted by molar-refractivity contribution is 6.00. The maximum Gasteiger partial charge on any atom is 0.230 e. The molecule has 0 aromatic rings. The van der Waals surface area contributed by atoms with E-state index in [-0.39, 0.29) is 11.7 Å². The summed E-state index contributed by atoms with van der Waals surface area (Å²) in [7, 11) is 0. The van der Waals surface area contributed by atoms with E-state index in [9.17, 15) is 9.59 Å². The molecule has 13 heavy (non-hydrogen) atoms. The predicted octanol–water partition coefficient (Wildman–Crippen LogP) is 1.35. The van der Waals surface area contributed by atoms with Crippen LogP contribution in [0.25, 0.3) is 0 Å². The number of rotatable bonds is 3. The Labute approximate surface area is 78.4 Å². The third-order valence-corrected chi connectivity index (χ3v) is 1.97. The fourth-order valence-electron chi connectivity index (χ4n) is 1.44. The Morgan fingerprint density at radius 2 is 2.23 bits per heavy atom. The zero-order chi connectivity index (χ0) is 10.0. The monoisotopic (exact) mass is 181 g/mol. The second-order valence-electron chi connectivity index (χ2n) is 3.75. The van der Waals surface area contributed by atoms with Crippen LogP contribution >= 0.6 is 0 Å². The Bertz CT molecular complexity index is 266. The van der Waals surface area contributed by atoms with Gasteiger partial charge in [0, 0.05) is 19.9 Å². The van der Waals surface area contributed by atoms with Gasteiger partial charge in [-0.05, 0) is 12.0 Å². The minimum Gasteiger partial charge on any atom is -0.309 e. The van der Waals surface area contributed by atoms with Gasteiger partial charge in [0.05, 0.1) is 5.70 Å². The number of hydrogen-bond acceptors (Lipinski definition) is 2. The van der Waals surface area contributed by atoms with Crippen LogP contribution in [0.4, 0.5) is 0 Å². The highest BCUT2D eigenvalue weighted by Crippen LogP contribution is 2.18. The zero-order valence-corrected chi connectivity index (χ0v) is 8.33. The van der Waals surface area contributed by atoms with E-state index in [2.05, 4.69) is 0 Å². The summed E-state index contributed by atoms with van der Waals surface area (Å²) in [6.07, 6.45) is 2.09. The quantitative estimate of drug-likeness (QED) is 0.659. The fourth-order valence-corrected chi connectivity index (χ4v) is 1.44. The van der Waals surface area contributed by atoms with Crippen molar-refractivity contribution < 1.29 is 9.59 Å². The van der Waals surface area contributed by atoms with Crippen LogP contribution < -0.4 is 0 Å². The van der Waals surface area contributed by atoms with Gasteiger partial charge in [0.25, 0.3) is 0 Å². The summed E-state index contributed by atoms with van der Waals surface area (Å²) in [6.45, 7) is 6.20. The van der Waals surface area contributed by atoms with Gasteiger partial charge in [-0.25, -0.2) is 0 Å². The molecule has 0 fully saturated rings. The molecule has 0 aliphatic carbocycles. The van der Waals surface area contributed by atoms with Crippen LogP contribution in [0.2, 0.25) is 0 Å². The smallest absolute Gasteiger partial charge is 0.230 e. The summed E-state index contributed by atoms with van der Waals surface area (Å²) in [5, 5.41) is 0. The predicted molar refractivity (Wildman–Crippen MR) is 49.9 cm³/mol. The van der Waals surface area contributed by atoms with E-state index in [1.54, 1.807) is 11.0 Å². The Kier molecular flexibility index (Phi) is 2.86. The summed E-state index contributed by atoms with van der Waals surface area (Å²) in [5.74, 6) is 0.412. The number of allylic oxidation sites excluding steroid dienone is 1. The Morgan fingerprint density at radius 3 is 2.69 bits per heavy atom. The lowest BCUT2D eigenvalue weighted by molar-refractivity contribution is -0.129. The molecule has 1 heterocycles. The van der Waals surface area contributed by atoms with Crippen molar-refractivity contribution in [1.29, 1.82) is 0 Å². The molecule has 1 aliphatic heterocycles. The average molecular weight is 181 g/mol. The van der Waals surface area contributed by atoms with Gasteiger partial charge in [-0.1, -0.05) is 13.8 Å². The summed E-state index contributed by atoms with van der Waals surface area (Å²) in [6, 6.07) is 0. The number of carbonyl (C=O) groups is 2. The maximum absolute atomic E-state index is 11.3. The van der Waals surface area contributed by atoms with E-state index in [0.29, 0.717) is 24.6 Å². The first-order chi connectivity index (χ1) is 6.02. The first-order valence-corrected chi connectivity index (χ1v) is 4.54. The summed E-state index contributed by atoms with van der Waals surface area (Å²) in [4.78, 5) is 24.1. The lowest BCUT2D eigenvalue weighted by Crippen LogP contribution is -2.31. The van der Waals surface area contributed by atoms with Crippen LogP contribution in [0.3, 0.4) is 0 Å². The second-order valence-corrected chi connectivity index (χ2v) is 3.75. The first kappa shape index (κ1) is 9.96. The third-order valence-electron chi connectivity index (χ3n) is 1.97. The molecule has 1 aliphatic rings. The number of hydrogen-bond donors (Lipinski definition) is 0. The second kappa shape index (κ2) is 3.73. The summed E-state index contributed by atoms with van der Waals surface area (Å²) >= 11 is 0. The molecule has 0 unspecified atom stereocenters. The van der Waals surface area contributed by atoms with E-state index in [1.807, 2.05) is 13.8 Å². The molecule has 0 N–H and O–H groups in total. The average Bonchev–Trinajstić information content (AvgIpc) is 2.32. The van der Waals surface area contributed by atoms with E-state index in [4.69, 9.17) is 0 Å². The molecule has 0 saturated heterocycles. The van der Waals surface area contributed by atoms with E-state index in [0.717, 1.165) is 0 Å². The van der Waals surface area contributed by atoms with Crippen molar-refractivity contribution >= 4 is 11.7 Å². The van der Waals surface area contributed by atoms with Crippen LogP contribution in [0.15, 0.2) is 11.8 Å². The van der Waals surface area contributed by atoms with Gasteiger partial charge in [-0.3, -0.25) is 9.59 Å². The minimum atomic E-state index is -0.0218. The molecule has 0 aromatic carbocycles. The molecule has 0 atom stereocenters. The molecule has 0 saturated carbocycles. The van der Waals surface area contributed by atoms with Crippen molar-refractivity contribution in [1.82, 2.24) is 4.90 Å². The number of amides is 1. The molecule has 0 radical (unpaired) electrons. The summed E-state index contributed by atoms with van der Waals surface area (Å²) < 4.78 is 0. The largest absolute Gasteiger partial charge is 0.309 e. The molecular formula is C10H15NO2. The van der Waals surface area contributed by atoms with Gasteiger partial charge in [0.1, 0.15) is 0 Å². The van der Waals surface area contributed by atoms with E-state index < -0.39 is 0 Å². The van der Waals surface area contributed by atoms with E-state index in [1.165, 1.54) is 6.92 Å². The van der Waals surface area contributed by atoms with Gasteiger partial charge in [-0.15, -0.1) is 0 Å². The molecule has 1 amide bonds. The number of Topliss-reactive ketones (excluding diaryl/α,β-unsaturated/α-hetero) is 1. The number of carbonyl (C=O) groups excluding carboxylic acids is 2. The minimum absolute atomic E-state index is 0.0218. The SMILES string of the molecule is CC(=O)C1=CCC(=O)N1CC(C)C. The van der Waals surface area contributed by atoms with Gasteiger partial charge in [-0.2, -0.15) is 0 Å². The molecule has 0 bridgehead atoms. The van der Waals surface area contributed by atoms with Crippen LogP contribution in [0.5, 0.6) is 0 Å². The highest BCUT2D eigenvalue weighted by Gasteiger charge is 2.26. The van der Waals surface area contributed by atoms with Gasteiger partial charge in [0.15, 0.2) is 5.78 Å². The number of ketones is 1. The zero-order valence-electron chi connectivity index (χ0n) is 8.33. The molecule has 0 aromatic heterocycles. The van der Waals surface area contributed by atoms with Crippen LogP contribution in [-0.4, -0.2) is 23.1 Å². The van der Waals surface area contributed by atoms with Crippen molar-refractivity contribution in [3.63, 3.8) is 0 Å². The van der Waals surface area contributed by atoms with Crippen LogP contribution in [0, 0.1) is 5.92 Å². The van der Waals surface area contributed by atoms with Gasteiger partial charge >= 0.3 is 0 Å². The summed E-state index contributed by atoms with van der Waals surface area (Å²) in [5.41, 5.74) is 0.568. The Hall–Kier alpha value is -1.12. The first-order valence-electron chi connectivity index (χ1n) is 4.54. The molecule has 1 rings (SSSR count). The van der Waals surface area contributed by atoms with Crippen molar-refractivity contribution in [3.05, 3.63) is 11.8 Å². The van der Waals surface area contributed by atoms with Gasteiger partial charge in [0.2, 0.25) is 5.91 Å². The Morgan fingerprint density at radius 1 is 1.62 bits per heavy atom. The molecular weight excluding hydrogens is 166 g/mol. The molecule has 3 heteroatoms. The standard InChI is InChI=1S/C10H15NO2/c1-7(2)6-11-9(8(3)12)4-5-10(11)13/h4,7H,5-6H2,1-3H3. The normalized spacial score (nSPS) is 16.8. The van der Waals surface area contributed by atoms with Crippen molar-refractivity contribution in [2.24, 2.45) is 5.92 Å². The topological polar surface area (TPSA) is 37.4 Å². The molecule has 3 nitrogen and oxygen atoms in total. The van der Waals surface area contributed by atoms with Crippen LogP contribution in [-0.2, 0) is 9.59 Å². The highest BCUT2D eigenvalue weighted by atomic mass is 16.2. The Balaban J connectivity index is 2.74. The van der Waals surface area contributed by atoms with Crippen molar-refractivity contribution in [3.8, 4) is 0 Å². The molecule has 72 valence electrons. The number of nitrogens with zero attached hydrogens (tertiary/aromatic N) is 1. The maximum atomic E-state index is 11.3. The molecule has 0 spiro atoms.